The maximum Gasteiger partial charge on any atom is 0.409 e. The van der Waals surface area contributed by atoms with Crippen molar-refractivity contribution >= 4 is 23.0 Å². The molecule has 1 fully saturated rings. The number of carbonyl (C=O) groups excluding carboxylic acids is 2. The molecule has 0 radical (unpaired) electrons. The minimum absolute atomic E-state index is 0.156. The topological polar surface area (TPSA) is 90.2 Å². The summed E-state index contributed by atoms with van der Waals surface area (Å²) in [5.41, 5.74) is 0.575. The molecule has 1 saturated heterocycles. The zero-order valence-electron chi connectivity index (χ0n) is 14.7. The fourth-order valence-electron chi connectivity index (χ4n) is 2.64. The van der Waals surface area contributed by atoms with Crippen LogP contribution in [0.4, 0.5) is 4.79 Å². The predicted octanol–water partition coefficient (Wildman–Crippen LogP) is 2.03. The van der Waals surface area contributed by atoms with E-state index in [1.165, 1.54) is 0 Å². The Bertz CT molecular complexity index is 766. The van der Waals surface area contributed by atoms with Crippen molar-refractivity contribution in [1.29, 1.82) is 0 Å². The molecule has 0 aliphatic carbocycles. The highest BCUT2D eigenvalue weighted by Gasteiger charge is 2.17. The Balaban J connectivity index is 1.49. The fraction of sp³-hybridized carbons (Fsp3) is 0.444. The number of furan rings is 1. The second kappa shape index (κ2) is 8.57. The maximum absolute atomic E-state index is 11.9. The van der Waals surface area contributed by atoms with E-state index in [1.807, 2.05) is 0 Å². The molecule has 1 aliphatic heterocycles. The van der Waals surface area contributed by atoms with E-state index >= 15 is 0 Å². The van der Waals surface area contributed by atoms with Crippen LogP contribution in [0.2, 0.25) is 0 Å². The molecule has 0 unspecified atom stereocenters. The minimum Gasteiger partial charge on any atom is -0.490 e. The summed E-state index contributed by atoms with van der Waals surface area (Å²) in [5, 5.41) is 3.92. The first-order chi connectivity index (χ1) is 12.7. The van der Waals surface area contributed by atoms with Gasteiger partial charge in [-0.3, -0.25) is 0 Å². The number of carbonyl (C=O) groups is 2. The van der Waals surface area contributed by atoms with Crippen LogP contribution in [0.25, 0.3) is 11.0 Å². The van der Waals surface area contributed by atoms with Crippen molar-refractivity contribution in [3.8, 4) is 5.75 Å². The van der Waals surface area contributed by atoms with Gasteiger partial charge in [0.15, 0.2) is 0 Å². The molecule has 26 heavy (non-hydrogen) atoms. The molecular weight excluding hydrogens is 340 g/mol. The average molecular weight is 362 g/mol. The summed E-state index contributed by atoms with van der Waals surface area (Å²) in [7, 11) is 0. The highest BCUT2D eigenvalue weighted by atomic mass is 16.6. The molecule has 2 aromatic rings. The van der Waals surface area contributed by atoms with Crippen LogP contribution < -0.4 is 10.1 Å². The van der Waals surface area contributed by atoms with E-state index in [0.29, 0.717) is 24.4 Å². The van der Waals surface area contributed by atoms with Gasteiger partial charge in [0.25, 0.3) is 0 Å². The van der Waals surface area contributed by atoms with Crippen molar-refractivity contribution in [3.63, 3.8) is 0 Å². The molecule has 140 valence electrons. The number of hydrogen-bond acceptors (Lipinski definition) is 7. The SMILES string of the molecule is CCOC(=O)c1cc2cc(OCCOC(=O)N3CCNCC3)ccc2o1. The van der Waals surface area contributed by atoms with E-state index in [-0.39, 0.29) is 31.7 Å². The van der Waals surface area contributed by atoms with Crippen LogP contribution in [0, 0.1) is 0 Å². The Kier molecular flexibility index (Phi) is 5.96. The van der Waals surface area contributed by atoms with Gasteiger partial charge in [-0.15, -0.1) is 0 Å². The van der Waals surface area contributed by atoms with Gasteiger partial charge in [0.2, 0.25) is 5.76 Å². The lowest BCUT2D eigenvalue weighted by molar-refractivity contribution is 0.0492. The van der Waals surface area contributed by atoms with Gasteiger partial charge in [0, 0.05) is 31.6 Å². The number of amides is 1. The van der Waals surface area contributed by atoms with Crippen LogP contribution >= 0.6 is 0 Å². The summed E-state index contributed by atoms with van der Waals surface area (Å²) in [6, 6.07) is 6.84. The molecule has 1 aromatic heterocycles. The lowest BCUT2D eigenvalue weighted by Gasteiger charge is -2.26. The lowest BCUT2D eigenvalue weighted by Crippen LogP contribution is -2.46. The number of fused-ring (bicyclic) bond motifs is 1. The molecule has 1 aliphatic rings. The van der Waals surface area contributed by atoms with Gasteiger partial charge in [0.05, 0.1) is 6.61 Å². The number of esters is 1. The molecule has 1 N–H and O–H groups in total. The van der Waals surface area contributed by atoms with Crippen LogP contribution in [-0.2, 0) is 9.47 Å². The van der Waals surface area contributed by atoms with E-state index in [0.717, 1.165) is 18.5 Å². The maximum atomic E-state index is 11.9. The Hall–Kier alpha value is -2.74. The quantitative estimate of drug-likeness (QED) is 0.621. The van der Waals surface area contributed by atoms with Crippen molar-refractivity contribution in [2.24, 2.45) is 0 Å². The van der Waals surface area contributed by atoms with Gasteiger partial charge in [-0.2, -0.15) is 0 Å². The van der Waals surface area contributed by atoms with Gasteiger partial charge >= 0.3 is 12.1 Å². The largest absolute Gasteiger partial charge is 0.490 e. The predicted molar refractivity (Wildman–Crippen MR) is 93.5 cm³/mol. The summed E-state index contributed by atoms with van der Waals surface area (Å²) < 4.78 is 21.2. The number of ether oxygens (including phenoxy) is 3. The molecule has 1 aromatic carbocycles. The van der Waals surface area contributed by atoms with Crippen molar-refractivity contribution < 1.29 is 28.2 Å². The average Bonchev–Trinajstić information content (AvgIpc) is 3.09. The van der Waals surface area contributed by atoms with Crippen molar-refractivity contribution in [2.45, 2.75) is 6.92 Å². The third-order valence-corrected chi connectivity index (χ3v) is 3.92. The zero-order chi connectivity index (χ0) is 18.4. The van der Waals surface area contributed by atoms with E-state index < -0.39 is 5.97 Å². The molecule has 1 amide bonds. The van der Waals surface area contributed by atoms with Crippen LogP contribution in [0.3, 0.4) is 0 Å². The third kappa shape index (κ3) is 4.45. The van der Waals surface area contributed by atoms with Crippen molar-refractivity contribution in [2.75, 3.05) is 46.0 Å². The summed E-state index contributed by atoms with van der Waals surface area (Å²) in [6.07, 6.45) is -0.320. The van der Waals surface area contributed by atoms with E-state index in [9.17, 15) is 9.59 Å². The summed E-state index contributed by atoms with van der Waals surface area (Å²) >= 11 is 0. The Morgan fingerprint density at radius 1 is 1.15 bits per heavy atom. The second-order valence-electron chi connectivity index (χ2n) is 5.73. The van der Waals surface area contributed by atoms with Gasteiger partial charge < -0.3 is 28.8 Å². The molecule has 3 rings (SSSR count). The number of hydrogen-bond donors (Lipinski definition) is 1. The van der Waals surface area contributed by atoms with Crippen molar-refractivity contribution in [3.05, 3.63) is 30.0 Å². The third-order valence-electron chi connectivity index (χ3n) is 3.92. The smallest absolute Gasteiger partial charge is 0.409 e. The summed E-state index contributed by atoms with van der Waals surface area (Å²) in [6.45, 7) is 5.30. The van der Waals surface area contributed by atoms with E-state index in [2.05, 4.69) is 5.32 Å². The molecule has 8 heteroatoms. The standard InChI is InChI=1S/C18H22N2O6/c1-2-23-17(21)16-12-13-11-14(3-4-15(13)26-16)24-9-10-25-18(22)20-7-5-19-6-8-20/h3-4,11-12,19H,2,5-10H2,1H3. The molecular formula is C18H22N2O6. The molecule has 0 saturated carbocycles. The molecule has 0 spiro atoms. The first-order valence-electron chi connectivity index (χ1n) is 8.63. The Morgan fingerprint density at radius 2 is 1.96 bits per heavy atom. The molecule has 0 bridgehead atoms. The summed E-state index contributed by atoms with van der Waals surface area (Å²) in [4.78, 5) is 25.2. The number of piperazine rings is 1. The van der Waals surface area contributed by atoms with E-state index in [1.54, 1.807) is 36.1 Å². The number of benzene rings is 1. The lowest BCUT2D eigenvalue weighted by atomic mass is 10.2. The molecule has 8 nitrogen and oxygen atoms in total. The molecule has 2 heterocycles. The molecule has 0 atom stereocenters. The van der Waals surface area contributed by atoms with Gasteiger partial charge in [0.1, 0.15) is 24.5 Å². The fourth-order valence-corrected chi connectivity index (χ4v) is 2.64. The normalized spacial score (nSPS) is 14.3. The summed E-state index contributed by atoms with van der Waals surface area (Å²) in [5.74, 6) is 0.266. The monoisotopic (exact) mass is 362 g/mol. The number of rotatable bonds is 6. The first-order valence-corrected chi connectivity index (χ1v) is 8.63. The van der Waals surface area contributed by atoms with Gasteiger partial charge in [-0.25, -0.2) is 9.59 Å². The van der Waals surface area contributed by atoms with Gasteiger partial charge in [-0.05, 0) is 31.2 Å². The van der Waals surface area contributed by atoms with E-state index in [4.69, 9.17) is 18.6 Å². The Labute approximate surface area is 151 Å². The highest BCUT2D eigenvalue weighted by molar-refractivity contribution is 5.92. The first kappa shape index (κ1) is 18.1. The van der Waals surface area contributed by atoms with Crippen LogP contribution in [-0.4, -0.2) is 63.0 Å². The van der Waals surface area contributed by atoms with Crippen molar-refractivity contribution in [1.82, 2.24) is 10.2 Å². The zero-order valence-corrected chi connectivity index (χ0v) is 14.7. The van der Waals surface area contributed by atoms with Gasteiger partial charge in [-0.1, -0.05) is 0 Å². The minimum atomic E-state index is -0.494. The van der Waals surface area contributed by atoms with Crippen LogP contribution in [0.5, 0.6) is 5.75 Å². The second-order valence-corrected chi connectivity index (χ2v) is 5.73. The number of nitrogens with zero attached hydrogens (tertiary/aromatic N) is 1. The number of nitrogens with one attached hydrogen (secondary N) is 1. The van der Waals surface area contributed by atoms with Crippen LogP contribution in [0.15, 0.2) is 28.7 Å². The Morgan fingerprint density at radius 3 is 2.73 bits per heavy atom. The van der Waals surface area contributed by atoms with Crippen LogP contribution in [0.1, 0.15) is 17.5 Å². The highest BCUT2D eigenvalue weighted by Crippen LogP contribution is 2.24.